The topological polar surface area (TPSA) is 50.4 Å². The first-order valence-corrected chi connectivity index (χ1v) is 8.25. The number of hydrogen-bond donors (Lipinski definition) is 2. The Balaban J connectivity index is 1.66. The molecule has 1 aromatic heterocycles. The highest BCUT2D eigenvalue weighted by Gasteiger charge is 2.08. The number of nitrogens with one attached hydrogen (secondary N) is 2. The van der Waals surface area contributed by atoms with Gasteiger partial charge in [0, 0.05) is 23.9 Å². The smallest absolute Gasteiger partial charge is 0.315 e. The van der Waals surface area contributed by atoms with Crippen LogP contribution in [0.3, 0.4) is 0 Å². The van der Waals surface area contributed by atoms with Crippen LogP contribution in [0.5, 0.6) is 5.75 Å². The van der Waals surface area contributed by atoms with Crippen LogP contribution < -0.4 is 15.4 Å². The Kier molecular flexibility index (Phi) is 6.27. The maximum absolute atomic E-state index is 11.8. The van der Waals surface area contributed by atoms with Gasteiger partial charge >= 0.3 is 6.03 Å². The molecular formula is C17H22N2O2S. The lowest BCUT2D eigenvalue weighted by Crippen LogP contribution is -2.42. The Morgan fingerprint density at radius 2 is 2.05 bits per heavy atom. The van der Waals surface area contributed by atoms with E-state index < -0.39 is 0 Å². The predicted octanol–water partition coefficient (Wildman–Crippen LogP) is 3.23. The lowest BCUT2D eigenvalue weighted by Gasteiger charge is -2.14. The van der Waals surface area contributed by atoms with Crippen molar-refractivity contribution in [1.82, 2.24) is 10.6 Å². The SMILES string of the molecule is COc1ccc(CCNC(=O)N[C@@H](C)Cc2cccs2)cc1. The van der Waals surface area contributed by atoms with Crippen molar-refractivity contribution < 1.29 is 9.53 Å². The molecular weight excluding hydrogens is 296 g/mol. The lowest BCUT2D eigenvalue weighted by molar-refractivity contribution is 0.238. The first-order chi connectivity index (χ1) is 10.7. The molecule has 2 amide bonds. The van der Waals surface area contributed by atoms with E-state index in [9.17, 15) is 4.79 Å². The first kappa shape index (κ1) is 16.4. The number of benzene rings is 1. The number of methoxy groups -OCH3 is 1. The minimum absolute atomic E-state index is 0.113. The first-order valence-electron chi connectivity index (χ1n) is 7.37. The van der Waals surface area contributed by atoms with Crippen LogP contribution >= 0.6 is 11.3 Å². The number of hydrogen-bond acceptors (Lipinski definition) is 3. The van der Waals surface area contributed by atoms with E-state index in [-0.39, 0.29) is 12.1 Å². The number of carbonyl (C=O) groups excluding carboxylic acids is 1. The molecule has 5 heteroatoms. The summed E-state index contributed by atoms with van der Waals surface area (Å²) in [6.07, 6.45) is 1.67. The molecule has 0 aliphatic heterocycles. The van der Waals surface area contributed by atoms with Gasteiger partial charge in [0.05, 0.1) is 7.11 Å². The molecule has 1 aromatic carbocycles. The molecule has 4 nitrogen and oxygen atoms in total. The van der Waals surface area contributed by atoms with Crippen molar-refractivity contribution in [3.05, 3.63) is 52.2 Å². The Labute approximate surface area is 135 Å². The van der Waals surface area contributed by atoms with Crippen LogP contribution in [0.4, 0.5) is 4.79 Å². The predicted molar refractivity (Wildman–Crippen MR) is 90.7 cm³/mol. The molecule has 1 atom stereocenters. The van der Waals surface area contributed by atoms with Gasteiger partial charge in [0.2, 0.25) is 0 Å². The monoisotopic (exact) mass is 318 g/mol. The molecule has 0 radical (unpaired) electrons. The summed E-state index contributed by atoms with van der Waals surface area (Å²) in [5.41, 5.74) is 1.17. The molecule has 2 aromatic rings. The third-order valence-electron chi connectivity index (χ3n) is 3.32. The zero-order valence-electron chi connectivity index (χ0n) is 13.0. The summed E-state index contributed by atoms with van der Waals surface area (Å²) in [5.74, 6) is 0.844. The van der Waals surface area contributed by atoms with Gasteiger partial charge in [0.15, 0.2) is 0 Å². The highest BCUT2D eigenvalue weighted by molar-refractivity contribution is 7.09. The van der Waals surface area contributed by atoms with Gasteiger partial charge in [-0.2, -0.15) is 0 Å². The minimum atomic E-state index is -0.113. The largest absolute Gasteiger partial charge is 0.497 e. The van der Waals surface area contributed by atoms with Crippen LogP contribution in [0.15, 0.2) is 41.8 Å². The van der Waals surface area contributed by atoms with Crippen molar-refractivity contribution >= 4 is 17.4 Å². The number of amides is 2. The van der Waals surface area contributed by atoms with Crippen molar-refractivity contribution in [3.63, 3.8) is 0 Å². The van der Waals surface area contributed by atoms with E-state index in [1.165, 1.54) is 10.4 Å². The molecule has 0 aliphatic rings. The fourth-order valence-electron chi connectivity index (χ4n) is 2.17. The second-order valence-corrected chi connectivity index (χ2v) is 6.22. The maximum Gasteiger partial charge on any atom is 0.315 e. The van der Waals surface area contributed by atoms with E-state index in [1.807, 2.05) is 37.3 Å². The maximum atomic E-state index is 11.8. The fourth-order valence-corrected chi connectivity index (χ4v) is 3.00. The molecule has 0 bridgehead atoms. The van der Waals surface area contributed by atoms with Crippen LogP contribution in [0.25, 0.3) is 0 Å². The van der Waals surface area contributed by atoms with Crippen molar-refractivity contribution in [2.24, 2.45) is 0 Å². The molecule has 0 saturated heterocycles. The van der Waals surface area contributed by atoms with Gasteiger partial charge in [0.1, 0.15) is 5.75 Å². The van der Waals surface area contributed by atoms with Gasteiger partial charge in [-0.3, -0.25) is 0 Å². The molecule has 22 heavy (non-hydrogen) atoms. The quantitative estimate of drug-likeness (QED) is 0.823. The molecule has 0 spiro atoms. The van der Waals surface area contributed by atoms with Gasteiger partial charge in [-0.05, 0) is 42.5 Å². The average molecular weight is 318 g/mol. The molecule has 2 N–H and O–H groups in total. The Bertz CT molecular complexity index is 567. The van der Waals surface area contributed by atoms with E-state index in [2.05, 4.69) is 22.1 Å². The molecule has 0 unspecified atom stereocenters. The molecule has 0 fully saturated rings. The zero-order valence-corrected chi connectivity index (χ0v) is 13.8. The second-order valence-electron chi connectivity index (χ2n) is 5.18. The lowest BCUT2D eigenvalue weighted by atomic mass is 10.1. The summed E-state index contributed by atoms with van der Waals surface area (Å²) in [7, 11) is 1.65. The number of carbonyl (C=O) groups is 1. The molecule has 2 rings (SSSR count). The fraction of sp³-hybridized carbons (Fsp3) is 0.353. The van der Waals surface area contributed by atoms with Gasteiger partial charge in [-0.1, -0.05) is 18.2 Å². The van der Waals surface area contributed by atoms with Crippen molar-refractivity contribution in [2.45, 2.75) is 25.8 Å². The van der Waals surface area contributed by atoms with Crippen LogP contribution in [0, 0.1) is 0 Å². The van der Waals surface area contributed by atoms with Crippen LogP contribution in [0.2, 0.25) is 0 Å². The van der Waals surface area contributed by atoms with E-state index in [4.69, 9.17) is 4.74 Å². The average Bonchev–Trinajstić information content (AvgIpc) is 3.00. The Hall–Kier alpha value is -2.01. The molecule has 0 aliphatic carbocycles. The minimum Gasteiger partial charge on any atom is -0.497 e. The third-order valence-corrected chi connectivity index (χ3v) is 4.22. The summed E-state index contributed by atoms with van der Waals surface area (Å²) in [4.78, 5) is 13.1. The summed E-state index contributed by atoms with van der Waals surface area (Å²) in [5, 5.41) is 7.90. The van der Waals surface area contributed by atoms with Gasteiger partial charge < -0.3 is 15.4 Å². The summed E-state index contributed by atoms with van der Waals surface area (Å²) in [6, 6.07) is 12.0. The summed E-state index contributed by atoms with van der Waals surface area (Å²) >= 11 is 1.71. The molecule has 0 saturated carbocycles. The van der Waals surface area contributed by atoms with Gasteiger partial charge in [-0.25, -0.2) is 4.79 Å². The standard InChI is InChI=1S/C17H22N2O2S/c1-13(12-16-4-3-11-22-16)19-17(20)18-10-9-14-5-7-15(21-2)8-6-14/h3-8,11,13H,9-10,12H2,1-2H3,(H2,18,19,20)/t13-/m0/s1. The highest BCUT2D eigenvalue weighted by Crippen LogP contribution is 2.12. The van der Waals surface area contributed by atoms with Crippen LogP contribution in [0.1, 0.15) is 17.4 Å². The number of thiophene rings is 1. The van der Waals surface area contributed by atoms with E-state index in [1.54, 1.807) is 18.4 Å². The van der Waals surface area contributed by atoms with Gasteiger partial charge in [-0.15, -0.1) is 11.3 Å². The number of ether oxygens (including phenoxy) is 1. The van der Waals surface area contributed by atoms with Crippen LogP contribution in [-0.4, -0.2) is 25.7 Å². The third kappa shape index (κ3) is 5.41. The molecule has 118 valence electrons. The summed E-state index contributed by atoms with van der Waals surface area (Å²) < 4.78 is 5.12. The summed E-state index contributed by atoms with van der Waals surface area (Å²) in [6.45, 7) is 2.63. The number of rotatable bonds is 7. The number of urea groups is 1. The highest BCUT2D eigenvalue weighted by atomic mass is 32.1. The van der Waals surface area contributed by atoms with Gasteiger partial charge in [0.25, 0.3) is 0 Å². The Morgan fingerprint density at radius 3 is 2.68 bits per heavy atom. The van der Waals surface area contributed by atoms with E-state index in [0.717, 1.165) is 18.6 Å². The van der Waals surface area contributed by atoms with Crippen molar-refractivity contribution in [3.8, 4) is 5.75 Å². The van der Waals surface area contributed by atoms with Crippen molar-refractivity contribution in [2.75, 3.05) is 13.7 Å². The second kappa shape index (κ2) is 8.44. The Morgan fingerprint density at radius 1 is 1.27 bits per heavy atom. The van der Waals surface area contributed by atoms with Crippen LogP contribution in [-0.2, 0) is 12.8 Å². The van der Waals surface area contributed by atoms with Crippen molar-refractivity contribution in [1.29, 1.82) is 0 Å². The zero-order chi connectivity index (χ0) is 15.8. The normalized spacial score (nSPS) is 11.7. The molecule has 1 heterocycles. The van der Waals surface area contributed by atoms with E-state index >= 15 is 0 Å². The van der Waals surface area contributed by atoms with E-state index in [0.29, 0.717) is 6.54 Å².